The Morgan fingerprint density at radius 2 is 1.79 bits per heavy atom. The molecule has 5 heteroatoms. The zero-order valence-electron chi connectivity index (χ0n) is 10.9. The topological polar surface area (TPSA) is 59.1 Å². The van der Waals surface area contributed by atoms with Crippen LogP contribution in [-0.4, -0.2) is 19.7 Å². The molecule has 0 saturated heterocycles. The molecular weight excluding hydrogens is 260 g/mol. The molecule has 0 amide bonds. The lowest BCUT2D eigenvalue weighted by Gasteiger charge is -2.06. The van der Waals surface area contributed by atoms with Crippen LogP contribution in [0.15, 0.2) is 47.5 Å². The Hall–Kier alpha value is -1.88. The molecule has 0 aliphatic rings. The quantitative estimate of drug-likeness (QED) is 0.931. The van der Waals surface area contributed by atoms with Gasteiger partial charge in [-0.25, -0.2) is 13.4 Å². The first-order chi connectivity index (χ1) is 8.95. The van der Waals surface area contributed by atoms with Crippen molar-refractivity contribution in [2.75, 3.05) is 11.6 Å². The summed E-state index contributed by atoms with van der Waals surface area (Å²) in [6.07, 6.45) is 3.01. The largest absolute Gasteiger partial charge is 0.366 e. The average Bonchev–Trinajstić information content (AvgIpc) is 2.37. The lowest BCUT2D eigenvalue weighted by atomic mass is 10.2. The fraction of sp³-hybridized carbons (Fsp3) is 0.214. The van der Waals surface area contributed by atoms with E-state index in [1.807, 2.05) is 19.1 Å². The van der Waals surface area contributed by atoms with Crippen molar-refractivity contribution in [3.63, 3.8) is 0 Å². The van der Waals surface area contributed by atoms with E-state index in [0.717, 1.165) is 16.9 Å². The third-order valence-electron chi connectivity index (χ3n) is 2.74. The van der Waals surface area contributed by atoms with E-state index in [2.05, 4.69) is 10.3 Å². The molecule has 0 radical (unpaired) electrons. The molecule has 0 atom stereocenters. The minimum Gasteiger partial charge on any atom is -0.366 e. The van der Waals surface area contributed by atoms with Gasteiger partial charge < -0.3 is 5.32 Å². The predicted octanol–water partition coefficient (Wildman–Crippen LogP) is 2.41. The van der Waals surface area contributed by atoms with E-state index in [0.29, 0.717) is 11.4 Å². The third-order valence-corrected chi connectivity index (χ3v) is 3.86. The molecule has 2 aromatic rings. The maximum Gasteiger partial charge on any atom is 0.175 e. The summed E-state index contributed by atoms with van der Waals surface area (Å²) in [7, 11) is -3.12. The predicted molar refractivity (Wildman–Crippen MR) is 75.9 cm³/mol. The molecule has 0 spiro atoms. The monoisotopic (exact) mass is 276 g/mol. The summed E-state index contributed by atoms with van der Waals surface area (Å²) in [5, 5.41) is 3.19. The molecule has 19 heavy (non-hydrogen) atoms. The summed E-state index contributed by atoms with van der Waals surface area (Å²) in [5.41, 5.74) is 2.12. The number of anilines is 1. The van der Waals surface area contributed by atoms with Crippen molar-refractivity contribution in [3.8, 4) is 0 Å². The van der Waals surface area contributed by atoms with Crippen LogP contribution in [0.5, 0.6) is 0 Å². The van der Waals surface area contributed by atoms with Gasteiger partial charge in [-0.1, -0.05) is 18.2 Å². The van der Waals surface area contributed by atoms with E-state index in [-0.39, 0.29) is 0 Å². The van der Waals surface area contributed by atoms with Crippen LogP contribution in [0, 0.1) is 6.92 Å². The zero-order chi connectivity index (χ0) is 13.9. The van der Waals surface area contributed by atoms with Crippen LogP contribution in [0.2, 0.25) is 0 Å². The normalized spacial score (nSPS) is 11.3. The SMILES string of the molecule is Cc1ccc(NCc2ccc(S(C)(=O)=O)cc2)nc1. The van der Waals surface area contributed by atoms with Crippen molar-refractivity contribution in [3.05, 3.63) is 53.7 Å². The first-order valence-corrected chi connectivity index (χ1v) is 7.80. The number of aromatic nitrogens is 1. The first-order valence-electron chi connectivity index (χ1n) is 5.91. The summed E-state index contributed by atoms with van der Waals surface area (Å²) in [6, 6.07) is 10.8. The number of benzene rings is 1. The molecule has 2 rings (SSSR count). The fourth-order valence-corrected chi connectivity index (χ4v) is 2.25. The highest BCUT2D eigenvalue weighted by Crippen LogP contribution is 2.12. The third kappa shape index (κ3) is 3.79. The molecule has 0 unspecified atom stereocenters. The Labute approximate surface area is 113 Å². The van der Waals surface area contributed by atoms with Crippen LogP contribution in [0.3, 0.4) is 0 Å². The van der Waals surface area contributed by atoms with E-state index >= 15 is 0 Å². The zero-order valence-corrected chi connectivity index (χ0v) is 11.7. The van der Waals surface area contributed by atoms with Crippen molar-refractivity contribution in [1.29, 1.82) is 0 Å². The van der Waals surface area contributed by atoms with Crippen molar-refractivity contribution in [2.45, 2.75) is 18.4 Å². The van der Waals surface area contributed by atoms with Crippen molar-refractivity contribution >= 4 is 15.7 Å². The molecule has 0 aliphatic heterocycles. The maximum atomic E-state index is 11.3. The number of rotatable bonds is 4. The highest BCUT2D eigenvalue weighted by molar-refractivity contribution is 7.90. The van der Waals surface area contributed by atoms with Crippen LogP contribution >= 0.6 is 0 Å². The second-order valence-corrected chi connectivity index (χ2v) is 6.51. The van der Waals surface area contributed by atoms with Gasteiger partial charge in [-0.3, -0.25) is 0 Å². The van der Waals surface area contributed by atoms with Crippen LogP contribution in [0.25, 0.3) is 0 Å². The highest BCUT2D eigenvalue weighted by atomic mass is 32.2. The van der Waals surface area contributed by atoms with Crippen molar-refractivity contribution in [2.24, 2.45) is 0 Å². The van der Waals surface area contributed by atoms with Gasteiger partial charge in [-0.15, -0.1) is 0 Å². The standard InChI is InChI=1S/C14H16N2O2S/c1-11-3-8-14(15-9-11)16-10-12-4-6-13(7-5-12)19(2,17)18/h3-9H,10H2,1-2H3,(H,15,16). The summed E-state index contributed by atoms with van der Waals surface area (Å²) in [4.78, 5) is 4.58. The number of sulfone groups is 1. The van der Waals surface area contributed by atoms with E-state index in [1.54, 1.807) is 30.5 Å². The molecule has 1 N–H and O–H groups in total. The summed E-state index contributed by atoms with van der Waals surface area (Å²) in [5.74, 6) is 0.804. The number of hydrogen-bond acceptors (Lipinski definition) is 4. The Morgan fingerprint density at radius 1 is 1.11 bits per heavy atom. The molecule has 1 heterocycles. The molecule has 0 fully saturated rings. The molecular formula is C14H16N2O2S. The molecule has 0 saturated carbocycles. The molecule has 100 valence electrons. The molecule has 0 bridgehead atoms. The van der Waals surface area contributed by atoms with Gasteiger partial charge in [0, 0.05) is 19.0 Å². The summed E-state index contributed by atoms with van der Waals surface area (Å²) < 4.78 is 22.7. The second-order valence-electron chi connectivity index (χ2n) is 4.49. The average molecular weight is 276 g/mol. The number of nitrogens with one attached hydrogen (secondary N) is 1. The number of hydrogen-bond donors (Lipinski definition) is 1. The van der Waals surface area contributed by atoms with Gasteiger partial charge in [0.2, 0.25) is 0 Å². The number of aryl methyl sites for hydroxylation is 1. The maximum absolute atomic E-state index is 11.3. The number of pyridine rings is 1. The van der Waals surface area contributed by atoms with E-state index < -0.39 is 9.84 Å². The molecule has 1 aromatic carbocycles. The van der Waals surface area contributed by atoms with Crippen molar-refractivity contribution < 1.29 is 8.42 Å². The van der Waals surface area contributed by atoms with Crippen LogP contribution < -0.4 is 5.32 Å². The summed E-state index contributed by atoms with van der Waals surface area (Å²) in [6.45, 7) is 2.60. The van der Waals surface area contributed by atoms with Gasteiger partial charge in [-0.05, 0) is 36.2 Å². The van der Waals surface area contributed by atoms with E-state index in [1.165, 1.54) is 6.26 Å². The van der Waals surface area contributed by atoms with E-state index in [9.17, 15) is 8.42 Å². The van der Waals surface area contributed by atoms with Crippen LogP contribution in [-0.2, 0) is 16.4 Å². The Balaban J connectivity index is 2.02. The highest BCUT2D eigenvalue weighted by Gasteiger charge is 2.05. The smallest absolute Gasteiger partial charge is 0.175 e. The lowest BCUT2D eigenvalue weighted by molar-refractivity contribution is 0.602. The molecule has 4 nitrogen and oxygen atoms in total. The van der Waals surface area contributed by atoms with Crippen molar-refractivity contribution in [1.82, 2.24) is 4.98 Å². The minimum absolute atomic E-state index is 0.338. The molecule has 1 aromatic heterocycles. The van der Waals surface area contributed by atoms with Gasteiger partial charge >= 0.3 is 0 Å². The van der Waals surface area contributed by atoms with Gasteiger partial charge in [-0.2, -0.15) is 0 Å². The number of nitrogens with zero attached hydrogens (tertiary/aromatic N) is 1. The fourth-order valence-electron chi connectivity index (χ4n) is 1.62. The Kier molecular flexibility index (Phi) is 3.85. The van der Waals surface area contributed by atoms with Gasteiger partial charge in [0.1, 0.15) is 5.82 Å². The van der Waals surface area contributed by atoms with Gasteiger partial charge in [0.25, 0.3) is 0 Å². The van der Waals surface area contributed by atoms with Gasteiger partial charge in [0.15, 0.2) is 9.84 Å². The Bertz CT molecular complexity index is 647. The Morgan fingerprint density at radius 3 is 2.32 bits per heavy atom. The van der Waals surface area contributed by atoms with Crippen LogP contribution in [0.1, 0.15) is 11.1 Å². The first kappa shape index (κ1) is 13.5. The van der Waals surface area contributed by atoms with Gasteiger partial charge in [0.05, 0.1) is 4.90 Å². The van der Waals surface area contributed by atoms with Crippen LogP contribution in [0.4, 0.5) is 5.82 Å². The summed E-state index contributed by atoms with van der Waals surface area (Å²) >= 11 is 0. The second kappa shape index (κ2) is 5.40. The van der Waals surface area contributed by atoms with E-state index in [4.69, 9.17) is 0 Å². The lowest BCUT2D eigenvalue weighted by Crippen LogP contribution is -2.02. The molecule has 0 aliphatic carbocycles. The minimum atomic E-state index is -3.12.